The van der Waals surface area contributed by atoms with Crippen LogP contribution in [-0.2, 0) is 4.74 Å². The quantitative estimate of drug-likeness (QED) is 0.472. The SMILES string of the molecule is CC.CC1=CCOC(C)C1. The zero-order chi connectivity index (χ0) is 7.98. The van der Waals surface area contributed by atoms with Crippen molar-refractivity contribution in [3.63, 3.8) is 0 Å². The predicted molar refractivity (Wildman–Crippen MR) is 45.1 cm³/mol. The first-order valence-electron chi connectivity index (χ1n) is 4.06. The third-order valence-corrected chi connectivity index (χ3v) is 1.42. The number of rotatable bonds is 0. The Morgan fingerprint density at radius 3 is 2.40 bits per heavy atom. The van der Waals surface area contributed by atoms with E-state index in [1.165, 1.54) is 5.57 Å². The van der Waals surface area contributed by atoms with E-state index in [4.69, 9.17) is 4.74 Å². The smallest absolute Gasteiger partial charge is 0.0653 e. The van der Waals surface area contributed by atoms with Crippen molar-refractivity contribution < 1.29 is 4.74 Å². The molecule has 1 aliphatic rings. The van der Waals surface area contributed by atoms with Crippen LogP contribution in [0.3, 0.4) is 0 Å². The van der Waals surface area contributed by atoms with Gasteiger partial charge in [-0.1, -0.05) is 25.5 Å². The first-order chi connectivity index (χ1) is 4.79. The second kappa shape index (κ2) is 5.48. The van der Waals surface area contributed by atoms with Crippen molar-refractivity contribution in [3.8, 4) is 0 Å². The number of hydrogen-bond donors (Lipinski definition) is 0. The summed E-state index contributed by atoms with van der Waals surface area (Å²) in [5.74, 6) is 0. The lowest BCUT2D eigenvalue weighted by Crippen LogP contribution is -2.13. The molecule has 0 aliphatic carbocycles. The maximum Gasteiger partial charge on any atom is 0.0653 e. The van der Waals surface area contributed by atoms with Crippen LogP contribution in [0.5, 0.6) is 0 Å². The van der Waals surface area contributed by atoms with Crippen molar-refractivity contribution in [1.82, 2.24) is 0 Å². The van der Waals surface area contributed by atoms with Gasteiger partial charge in [-0.3, -0.25) is 0 Å². The molecule has 0 aromatic carbocycles. The van der Waals surface area contributed by atoms with Gasteiger partial charge in [-0.2, -0.15) is 0 Å². The van der Waals surface area contributed by atoms with Crippen LogP contribution >= 0.6 is 0 Å². The van der Waals surface area contributed by atoms with Crippen molar-refractivity contribution in [2.24, 2.45) is 0 Å². The highest BCUT2D eigenvalue weighted by molar-refractivity contribution is 5.02. The molecule has 0 saturated carbocycles. The average Bonchev–Trinajstić information content (AvgIpc) is 1.91. The van der Waals surface area contributed by atoms with E-state index in [0.717, 1.165) is 13.0 Å². The Morgan fingerprint density at radius 1 is 1.50 bits per heavy atom. The molecule has 1 heteroatoms. The van der Waals surface area contributed by atoms with Crippen molar-refractivity contribution in [3.05, 3.63) is 11.6 Å². The summed E-state index contributed by atoms with van der Waals surface area (Å²) in [5, 5.41) is 0. The predicted octanol–water partition coefficient (Wildman–Crippen LogP) is 2.77. The largest absolute Gasteiger partial charge is 0.374 e. The Bertz CT molecular complexity index is 105. The molecule has 0 aromatic heterocycles. The van der Waals surface area contributed by atoms with Crippen LogP contribution in [0.25, 0.3) is 0 Å². The molecule has 1 unspecified atom stereocenters. The van der Waals surface area contributed by atoms with Crippen LogP contribution in [0.2, 0.25) is 0 Å². The van der Waals surface area contributed by atoms with Gasteiger partial charge in [0.25, 0.3) is 0 Å². The van der Waals surface area contributed by atoms with Gasteiger partial charge in [-0.05, 0) is 20.3 Å². The molecule has 0 radical (unpaired) electrons. The van der Waals surface area contributed by atoms with Gasteiger partial charge in [0.2, 0.25) is 0 Å². The van der Waals surface area contributed by atoms with Crippen LogP contribution in [0.15, 0.2) is 11.6 Å². The van der Waals surface area contributed by atoms with Gasteiger partial charge in [0.1, 0.15) is 0 Å². The monoisotopic (exact) mass is 142 g/mol. The fourth-order valence-electron chi connectivity index (χ4n) is 0.950. The zero-order valence-corrected chi connectivity index (χ0v) is 7.48. The lowest BCUT2D eigenvalue weighted by molar-refractivity contribution is 0.0784. The molecule has 0 bridgehead atoms. The zero-order valence-electron chi connectivity index (χ0n) is 7.48. The minimum Gasteiger partial charge on any atom is -0.374 e. The minimum absolute atomic E-state index is 0.444. The molecule has 1 aliphatic heterocycles. The van der Waals surface area contributed by atoms with Crippen molar-refractivity contribution in [2.45, 2.75) is 40.2 Å². The summed E-state index contributed by atoms with van der Waals surface area (Å²) in [5.41, 5.74) is 1.46. The summed E-state index contributed by atoms with van der Waals surface area (Å²) in [4.78, 5) is 0. The third-order valence-electron chi connectivity index (χ3n) is 1.42. The van der Waals surface area contributed by atoms with Crippen LogP contribution in [-0.4, -0.2) is 12.7 Å². The molecule has 1 heterocycles. The molecular formula is C9H18O. The van der Waals surface area contributed by atoms with Crippen LogP contribution in [0.4, 0.5) is 0 Å². The molecular weight excluding hydrogens is 124 g/mol. The fourth-order valence-corrected chi connectivity index (χ4v) is 0.950. The van der Waals surface area contributed by atoms with Crippen LogP contribution in [0.1, 0.15) is 34.1 Å². The van der Waals surface area contributed by atoms with E-state index in [1.54, 1.807) is 0 Å². The molecule has 0 spiro atoms. The van der Waals surface area contributed by atoms with Crippen LogP contribution in [0, 0.1) is 0 Å². The third kappa shape index (κ3) is 3.67. The molecule has 0 amide bonds. The van der Waals surface area contributed by atoms with E-state index in [2.05, 4.69) is 19.9 Å². The Morgan fingerprint density at radius 2 is 2.10 bits per heavy atom. The summed E-state index contributed by atoms with van der Waals surface area (Å²) in [6.07, 6.45) is 3.69. The van der Waals surface area contributed by atoms with Crippen LogP contribution < -0.4 is 0 Å². The van der Waals surface area contributed by atoms with E-state index < -0.39 is 0 Å². The van der Waals surface area contributed by atoms with Crippen molar-refractivity contribution >= 4 is 0 Å². The lowest BCUT2D eigenvalue weighted by atomic mass is 10.1. The van der Waals surface area contributed by atoms with E-state index >= 15 is 0 Å². The molecule has 1 atom stereocenters. The first-order valence-corrected chi connectivity index (χ1v) is 4.06. The maximum atomic E-state index is 5.27. The van der Waals surface area contributed by atoms with E-state index in [9.17, 15) is 0 Å². The van der Waals surface area contributed by atoms with Gasteiger partial charge in [-0.25, -0.2) is 0 Å². The summed E-state index contributed by atoms with van der Waals surface area (Å²) in [6, 6.07) is 0. The van der Waals surface area contributed by atoms with Crippen molar-refractivity contribution in [1.29, 1.82) is 0 Å². The summed E-state index contributed by atoms with van der Waals surface area (Å²) in [7, 11) is 0. The highest BCUT2D eigenvalue weighted by Gasteiger charge is 2.05. The molecule has 10 heavy (non-hydrogen) atoms. The Hall–Kier alpha value is -0.300. The molecule has 0 N–H and O–H groups in total. The topological polar surface area (TPSA) is 9.23 Å². The Balaban J connectivity index is 0.000000371. The lowest BCUT2D eigenvalue weighted by Gasteiger charge is -2.16. The highest BCUT2D eigenvalue weighted by atomic mass is 16.5. The maximum absolute atomic E-state index is 5.27. The van der Waals surface area contributed by atoms with Gasteiger partial charge in [0, 0.05) is 0 Å². The Labute approximate surface area is 64.1 Å². The van der Waals surface area contributed by atoms with E-state index in [-0.39, 0.29) is 0 Å². The second-order valence-electron chi connectivity index (χ2n) is 2.40. The fraction of sp³-hybridized carbons (Fsp3) is 0.778. The van der Waals surface area contributed by atoms with Gasteiger partial charge >= 0.3 is 0 Å². The summed E-state index contributed by atoms with van der Waals surface area (Å²) in [6.45, 7) is 9.07. The molecule has 60 valence electrons. The number of ether oxygens (including phenoxy) is 1. The van der Waals surface area contributed by atoms with Gasteiger partial charge in [0.15, 0.2) is 0 Å². The average molecular weight is 142 g/mol. The molecule has 0 saturated heterocycles. The highest BCUT2D eigenvalue weighted by Crippen LogP contribution is 2.11. The first kappa shape index (κ1) is 9.70. The molecule has 1 nitrogen and oxygen atoms in total. The Kier molecular flexibility index (Phi) is 5.32. The molecule has 1 rings (SSSR count). The second-order valence-corrected chi connectivity index (χ2v) is 2.40. The standard InChI is InChI=1S/C7H12O.C2H6/c1-6-3-4-8-7(2)5-6;1-2/h3,7H,4-5H2,1-2H3;1-2H3. The normalized spacial score (nSPS) is 24.4. The minimum atomic E-state index is 0.444. The molecule has 0 aromatic rings. The summed E-state index contributed by atoms with van der Waals surface area (Å²) < 4.78 is 5.27. The van der Waals surface area contributed by atoms with Gasteiger partial charge in [0.05, 0.1) is 12.7 Å². The van der Waals surface area contributed by atoms with Gasteiger partial charge < -0.3 is 4.74 Å². The van der Waals surface area contributed by atoms with E-state index in [1.807, 2.05) is 13.8 Å². The molecule has 0 fully saturated rings. The number of hydrogen-bond acceptors (Lipinski definition) is 1. The van der Waals surface area contributed by atoms with E-state index in [0.29, 0.717) is 6.10 Å². The van der Waals surface area contributed by atoms with Gasteiger partial charge in [-0.15, -0.1) is 0 Å². The summed E-state index contributed by atoms with van der Waals surface area (Å²) >= 11 is 0. The van der Waals surface area contributed by atoms with Crippen molar-refractivity contribution in [2.75, 3.05) is 6.61 Å².